The van der Waals surface area contributed by atoms with Gasteiger partial charge in [-0.05, 0) is 20.3 Å². The molecule has 1 aromatic heterocycles. The van der Waals surface area contributed by atoms with Crippen molar-refractivity contribution in [3.05, 3.63) is 44.8 Å². The number of rotatable bonds is 3. The zero-order valence-corrected chi connectivity index (χ0v) is 8.46. The monoisotopic (exact) mass is 194 g/mol. The molecule has 0 aliphatic rings. The molecule has 0 amide bonds. The van der Waals surface area contributed by atoms with Gasteiger partial charge in [-0.2, -0.15) is 0 Å². The Morgan fingerprint density at radius 3 is 2.79 bits per heavy atom. The van der Waals surface area contributed by atoms with Crippen LogP contribution in [0.25, 0.3) is 0 Å². The summed E-state index contributed by atoms with van der Waals surface area (Å²) in [4.78, 5) is 24.6. The van der Waals surface area contributed by atoms with Crippen molar-refractivity contribution < 1.29 is 0 Å². The number of aromatic amines is 1. The Morgan fingerprint density at radius 2 is 2.21 bits per heavy atom. The van der Waals surface area contributed by atoms with Gasteiger partial charge in [0.25, 0.3) is 5.56 Å². The van der Waals surface area contributed by atoms with Crippen LogP contribution in [-0.4, -0.2) is 9.55 Å². The van der Waals surface area contributed by atoms with Crippen molar-refractivity contribution in [2.24, 2.45) is 0 Å². The number of nitrogens with zero attached hydrogens (tertiary/aromatic N) is 1. The Kier molecular flexibility index (Phi) is 3.06. The van der Waals surface area contributed by atoms with Gasteiger partial charge in [0, 0.05) is 18.3 Å². The van der Waals surface area contributed by atoms with E-state index in [1.807, 2.05) is 6.92 Å². The van der Waals surface area contributed by atoms with Crippen molar-refractivity contribution in [3.63, 3.8) is 0 Å². The summed E-state index contributed by atoms with van der Waals surface area (Å²) >= 11 is 0. The van der Waals surface area contributed by atoms with E-state index in [9.17, 15) is 9.59 Å². The van der Waals surface area contributed by atoms with Gasteiger partial charge >= 0.3 is 5.69 Å². The Bertz CT molecular complexity index is 454. The van der Waals surface area contributed by atoms with E-state index in [4.69, 9.17) is 0 Å². The van der Waals surface area contributed by atoms with Crippen LogP contribution < -0.4 is 11.2 Å². The molecule has 0 bridgehead atoms. The Hall–Kier alpha value is -1.58. The van der Waals surface area contributed by atoms with Gasteiger partial charge < -0.3 is 4.57 Å². The molecular weight excluding hydrogens is 180 g/mol. The van der Waals surface area contributed by atoms with Gasteiger partial charge in [0.2, 0.25) is 0 Å². The maximum absolute atomic E-state index is 11.3. The zero-order valence-electron chi connectivity index (χ0n) is 8.46. The van der Waals surface area contributed by atoms with E-state index in [2.05, 4.69) is 11.6 Å². The predicted octanol–water partition coefficient (Wildman–Crippen LogP) is 0.811. The molecule has 4 nitrogen and oxygen atoms in total. The second kappa shape index (κ2) is 4.09. The first kappa shape index (κ1) is 10.5. The molecule has 0 fully saturated rings. The van der Waals surface area contributed by atoms with Crippen molar-refractivity contribution >= 4 is 0 Å². The molecule has 1 heterocycles. The number of hydrogen-bond acceptors (Lipinski definition) is 2. The molecule has 1 N–H and O–H groups in total. The molecular formula is C10H14N2O2. The number of aromatic nitrogens is 2. The normalized spacial score (nSPS) is 10.1. The molecule has 4 heteroatoms. The molecule has 0 aliphatic carbocycles. The van der Waals surface area contributed by atoms with E-state index in [1.54, 1.807) is 13.1 Å². The molecule has 14 heavy (non-hydrogen) atoms. The van der Waals surface area contributed by atoms with Crippen LogP contribution in [-0.2, 0) is 6.54 Å². The largest absolute Gasteiger partial charge is 0.328 e. The number of nitrogens with one attached hydrogen (secondary N) is 1. The standard InChI is InChI=1S/C10H14N2O2/c1-7(2)4-5-12-6-8(3)9(13)11-10(12)14/h6H,1,4-5H2,2-3H3,(H,11,13,14). The van der Waals surface area contributed by atoms with Crippen LogP contribution in [0.3, 0.4) is 0 Å². The van der Waals surface area contributed by atoms with Crippen molar-refractivity contribution in [1.82, 2.24) is 9.55 Å². The second-order valence-corrected chi connectivity index (χ2v) is 3.47. The summed E-state index contributed by atoms with van der Waals surface area (Å²) in [6.07, 6.45) is 2.31. The molecule has 1 aromatic rings. The highest BCUT2D eigenvalue weighted by molar-refractivity contribution is 5.01. The van der Waals surface area contributed by atoms with Gasteiger partial charge in [0.05, 0.1) is 0 Å². The van der Waals surface area contributed by atoms with Gasteiger partial charge in [0.15, 0.2) is 0 Å². The Balaban J connectivity index is 2.99. The third kappa shape index (κ3) is 2.45. The van der Waals surface area contributed by atoms with E-state index in [0.29, 0.717) is 12.1 Å². The first-order chi connectivity index (χ1) is 6.50. The quantitative estimate of drug-likeness (QED) is 0.724. The topological polar surface area (TPSA) is 54.9 Å². The summed E-state index contributed by atoms with van der Waals surface area (Å²) in [5.41, 5.74) is 0.885. The summed E-state index contributed by atoms with van der Waals surface area (Å²) in [7, 11) is 0. The van der Waals surface area contributed by atoms with Crippen molar-refractivity contribution in [2.45, 2.75) is 26.8 Å². The minimum Gasteiger partial charge on any atom is -0.300 e. The SMILES string of the molecule is C=C(C)CCn1cc(C)c(=O)[nH]c1=O. The molecule has 0 spiro atoms. The lowest BCUT2D eigenvalue weighted by Crippen LogP contribution is -2.30. The van der Waals surface area contributed by atoms with Gasteiger partial charge in [-0.3, -0.25) is 9.78 Å². The smallest absolute Gasteiger partial charge is 0.300 e. The molecule has 76 valence electrons. The van der Waals surface area contributed by atoms with E-state index >= 15 is 0 Å². The highest BCUT2D eigenvalue weighted by Crippen LogP contribution is 1.97. The fourth-order valence-electron chi connectivity index (χ4n) is 1.10. The van der Waals surface area contributed by atoms with Gasteiger partial charge in [-0.1, -0.05) is 5.57 Å². The summed E-state index contributed by atoms with van der Waals surface area (Å²) in [5, 5.41) is 0. The summed E-state index contributed by atoms with van der Waals surface area (Å²) in [5.74, 6) is 0. The zero-order chi connectivity index (χ0) is 10.7. The minimum absolute atomic E-state index is 0.318. The minimum atomic E-state index is -0.359. The Labute approximate surface area is 81.9 Å². The van der Waals surface area contributed by atoms with Gasteiger partial charge in [-0.25, -0.2) is 4.79 Å². The molecule has 1 rings (SSSR count). The average Bonchev–Trinajstić information content (AvgIpc) is 2.09. The van der Waals surface area contributed by atoms with Crippen molar-refractivity contribution in [1.29, 1.82) is 0 Å². The molecule has 0 atom stereocenters. The van der Waals surface area contributed by atoms with Crippen molar-refractivity contribution in [2.75, 3.05) is 0 Å². The fraction of sp³-hybridized carbons (Fsp3) is 0.400. The van der Waals surface area contributed by atoms with Crippen molar-refractivity contribution in [3.8, 4) is 0 Å². The predicted molar refractivity (Wildman–Crippen MR) is 55.5 cm³/mol. The first-order valence-electron chi connectivity index (χ1n) is 4.45. The average molecular weight is 194 g/mol. The number of H-pyrrole nitrogens is 1. The highest BCUT2D eigenvalue weighted by atomic mass is 16.2. The van der Waals surface area contributed by atoms with E-state index < -0.39 is 0 Å². The molecule has 0 unspecified atom stereocenters. The lowest BCUT2D eigenvalue weighted by Gasteiger charge is -2.04. The Morgan fingerprint density at radius 1 is 1.57 bits per heavy atom. The van der Waals surface area contributed by atoms with Crippen LogP contribution in [0.15, 0.2) is 27.9 Å². The van der Waals surface area contributed by atoms with Crippen LogP contribution in [0.1, 0.15) is 18.9 Å². The summed E-state index contributed by atoms with van der Waals surface area (Å²) in [6.45, 7) is 7.90. The maximum Gasteiger partial charge on any atom is 0.328 e. The molecule has 0 radical (unpaired) electrons. The van der Waals surface area contributed by atoms with Crippen LogP contribution in [0.5, 0.6) is 0 Å². The van der Waals surface area contributed by atoms with Gasteiger partial charge in [-0.15, -0.1) is 6.58 Å². The number of allylic oxidation sites excluding steroid dienone is 1. The van der Waals surface area contributed by atoms with Crippen LogP contribution in [0.4, 0.5) is 0 Å². The van der Waals surface area contributed by atoms with E-state index in [0.717, 1.165) is 12.0 Å². The van der Waals surface area contributed by atoms with Crippen LogP contribution in [0.2, 0.25) is 0 Å². The lowest BCUT2D eigenvalue weighted by atomic mass is 10.2. The molecule has 0 aromatic carbocycles. The van der Waals surface area contributed by atoms with Crippen LogP contribution >= 0.6 is 0 Å². The van der Waals surface area contributed by atoms with Crippen LogP contribution in [0, 0.1) is 6.92 Å². The summed E-state index contributed by atoms with van der Waals surface area (Å²) < 4.78 is 1.49. The summed E-state index contributed by atoms with van der Waals surface area (Å²) in [6, 6.07) is 0. The lowest BCUT2D eigenvalue weighted by molar-refractivity contribution is 0.639. The number of aryl methyl sites for hydroxylation is 2. The second-order valence-electron chi connectivity index (χ2n) is 3.47. The molecule has 0 saturated heterocycles. The van der Waals surface area contributed by atoms with E-state index in [-0.39, 0.29) is 11.2 Å². The maximum atomic E-state index is 11.3. The fourth-order valence-corrected chi connectivity index (χ4v) is 1.10. The first-order valence-corrected chi connectivity index (χ1v) is 4.45. The van der Waals surface area contributed by atoms with Gasteiger partial charge in [0.1, 0.15) is 0 Å². The molecule has 0 aliphatic heterocycles. The van der Waals surface area contributed by atoms with E-state index in [1.165, 1.54) is 4.57 Å². The highest BCUT2D eigenvalue weighted by Gasteiger charge is 1.99. The third-order valence-electron chi connectivity index (χ3n) is 1.97. The number of hydrogen-bond donors (Lipinski definition) is 1. The third-order valence-corrected chi connectivity index (χ3v) is 1.97. The molecule has 0 saturated carbocycles.